The van der Waals surface area contributed by atoms with E-state index in [0.717, 1.165) is 5.75 Å². The van der Waals surface area contributed by atoms with Crippen LogP contribution in [-0.4, -0.2) is 11.7 Å². The molecule has 59 valence electrons. The molecule has 2 heteroatoms. The summed E-state index contributed by atoms with van der Waals surface area (Å²) in [6.07, 6.45) is 0.286. The molecule has 0 unspecified atom stereocenters. The molecule has 0 fully saturated rings. The third kappa shape index (κ3) is 3.05. The zero-order chi connectivity index (χ0) is 8.10. The number of benzene rings is 1. The summed E-state index contributed by atoms with van der Waals surface area (Å²) in [5, 5.41) is 8.81. The molecule has 0 aliphatic carbocycles. The molecule has 0 bridgehead atoms. The zero-order valence-corrected chi connectivity index (χ0v) is 6.45. The van der Waals surface area contributed by atoms with Crippen LogP contribution in [0.15, 0.2) is 30.3 Å². The van der Waals surface area contributed by atoms with Crippen LogP contribution in [0.5, 0.6) is 5.75 Å². The summed E-state index contributed by atoms with van der Waals surface area (Å²) in [5.74, 6) is 0.779. The third-order valence-electron chi connectivity index (χ3n) is 1.19. The summed E-state index contributed by atoms with van der Waals surface area (Å²) < 4.78 is 5.18. The number of hydrogen-bond donors (Lipinski definition) is 1. The molecule has 1 aromatic carbocycles. The van der Waals surface area contributed by atoms with Gasteiger partial charge in [0.25, 0.3) is 0 Å². The molecule has 0 heterocycles. The van der Waals surface area contributed by atoms with Gasteiger partial charge in [-0.2, -0.15) is 0 Å². The minimum atomic E-state index is 0.268. The Morgan fingerprint density at radius 3 is 2.55 bits per heavy atom. The van der Waals surface area contributed by atoms with E-state index in [1.807, 2.05) is 30.3 Å². The lowest BCUT2D eigenvalue weighted by Gasteiger charge is -2.05. The Labute approximate surface area is 66.4 Å². The molecule has 0 saturated heterocycles. The number of ether oxygens (including phenoxy) is 1. The SMILES string of the molecule is C[C](O)COc1ccccc1. The maximum atomic E-state index is 8.81. The first-order valence-corrected chi connectivity index (χ1v) is 3.48. The van der Waals surface area contributed by atoms with Crippen LogP contribution in [0.2, 0.25) is 0 Å². The fourth-order valence-corrected chi connectivity index (χ4v) is 0.704. The number of aliphatic hydroxyl groups excluding tert-OH is 1. The number of aliphatic hydroxyl groups is 1. The molecule has 0 aliphatic heterocycles. The lowest BCUT2D eigenvalue weighted by Crippen LogP contribution is -2.04. The standard InChI is InChI=1S/C9H11O2/c1-8(10)7-11-9-5-3-2-4-6-9/h2-6,10H,7H2,1H3. The first-order chi connectivity index (χ1) is 5.29. The van der Waals surface area contributed by atoms with E-state index >= 15 is 0 Å². The highest BCUT2D eigenvalue weighted by Crippen LogP contribution is 2.09. The van der Waals surface area contributed by atoms with E-state index in [9.17, 15) is 0 Å². The predicted octanol–water partition coefficient (Wildman–Crippen LogP) is 1.99. The molecule has 0 saturated carbocycles. The molecule has 0 aliphatic rings. The number of para-hydroxylation sites is 1. The van der Waals surface area contributed by atoms with Gasteiger partial charge in [-0.25, -0.2) is 0 Å². The molecule has 1 rings (SSSR count). The normalized spacial score (nSPS) is 10.1. The van der Waals surface area contributed by atoms with Crippen molar-refractivity contribution in [1.29, 1.82) is 0 Å². The van der Waals surface area contributed by atoms with Gasteiger partial charge >= 0.3 is 0 Å². The summed E-state index contributed by atoms with van der Waals surface area (Å²) >= 11 is 0. The summed E-state index contributed by atoms with van der Waals surface area (Å²) in [6, 6.07) is 9.40. The Balaban J connectivity index is 2.39. The molecule has 1 radical (unpaired) electrons. The summed E-state index contributed by atoms with van der Waals surface area (Å²) in [5.41, 5.74) is 0. The van der Waals surface area contributed by atoms with Crippen molar-refractivity contribution in [3.8, 4) is 5.75 Å². The van der Waals surface area contributed by atoms with E-state index in [4.69, 9.17) is 9.84 Å². The van der Waals surface area contributed by atoms with Crippen molar-refractivity contribution in [3.63, 3.8) is 0 Å². The van der Waals surface area contributed by atoms with Gasteiger partial charge in [0, 0.05) is 0 Å². The first-order valence-electron chi connectivity index (χ1n) is 3.48. The van der Waals surface area contributed by atoms with Crippen LogP contribution in [0, 0.1) is 6.10 Å². The van der Waals surface area contributed by atoms with E-state index in [0.29, 0.717) is 0 Å². The van der Waals surface area contributed by atoms with Gasteiger partial charge in [0.05, 0.1) is 0 Å². The number of rotatable bonds is 3. The lowest BCUT2D eigenvalue weighted by atomic mass is 10.3. The summed E-state index contributed by atoms with van der Waals surface area (Å²) in [7, 11) is 0. The molecule has 1 N–H and O–H groups in total. The minimum absolute atomic E-state index is 0.268. The van der Waals surface area contributed by atoms with Crippen molar-refractivity contribution in [2.75, 3.05) is 6.61 Å². The van der Waals surface area contributed by atoms with Crippen molar-refractivity contribution in [1.82, 2.24) is 0 Å². The first kappa shape index (κ1) is 8.08. The van der Waals surface area contributed by atoms with Crippen LogP contribution in [0.3, 0.4) is 0 Å². The van der Waals surface area contributed by atoms with Crippen molar-refractivity contribution >= 4 is 0 Å². The molecule has 11 heavy (non-hydrogen) atoms. The molecule has 0 atom stereocenters. The van der Waals surface area contributed by atoms with Gasteiger partial charge in [-0.15, -0.1) is 0 Å². The predicted molar refractivity (Wildman–Crippen MR) is 42.8 cm³/mol. The highest BCUT2D eigenvalue weighted by molar-refractivity contribution is 5.21. The van der Waals surface area contributed by atoms with E-state index in [2.05, 4.69) is 0 Å². The van der Waals surface area contributed by atoms with Crippen LogP contribution >= 0.6 is 0 Å². The molecule has 0 spiro atoms. The third-order valence-corrected chi connectivity index (χ3v) is 1.19. The quantitative estimate of drug-likeness (QED) is 0.715. The average Bonchev–Trinajstić information content (AvgIpc) is 2.03. The Bertz CT molecular complexity index is 194. The molecular formula is C9H11O2. The van der Waals surface area contributed by atoms with Crippen LogP contribution in [-0.2, 0) is 0 Å². The molecule has 2 nitrogen and oxygen atoms in total. The van der Waals surface area contributed by atoms with Gasteiger partial charge < -0.3 is 9.84 Å². The second-order valence-electron chi connectivity index (χ2n) is 2.34. The van der Waals surface area contributed by atoms with E-state index in [-0.39, 0.29) is 12.7 Å². The fourth-order valence-electron chi connectivity index (χ4n) is 0.704. The maximum absolute atomic E-state index is 8.81. The second kappa shape index (κ2) is 3.98. The Morgan fingerprint density at radius 1 is 1.36 bits per heavy atom. The van der Waals surface area contributed by atoms with Crippen molar-refractivity contribution in [3.05, 3.63) is 36.4 Å². The van der Waals surface area contributed by atoms with Crippen LogP contribution < -0.4 is 4.74 Å². The van der Waals surface area contributed by atoms with Crippen molar-refractivity contribution in [2.45, 2.75) is 6.92 Å². The van der Waals surface area contributed by atoms with Crippen molar-refractivity contribution < 1.29 is 9.84 Å². The van der Waals surface area contributed by atoms with Gasteiger partial charge in [0.2, 0.25) is 0 Å². The Morgan fingerprint density at radius 2 is 2.00 bits per heavy atom. The fraction of sp³-hybridized carbons (Fsp3) is 0.222. The Hall–Kier alpha value is -1.02. The summed E-state index contributed by atoms with van der Waals surface area (Å²) in [4.78, 5) is 0. The minimum Gasteiger partial charge on any atom is -0.490 e. The summed E-state index contributed by atoms with van der Waals surface area (Å²) in [6.45, 7) is 1.88. The largest absolute Gasteiger partial charge is 0.490 e. The molecule has 0 aromatic heterocycles. The average molecular weight is 151 g/mol. The van der Waals surface area contributed by atoms with Gasteiger partial charge in [-0.3, -0.25) is 0 Å². The van der Waals surface area contributed by atoms with Crippen LogP contribution in [0.4, 0.5) is 0 Å². The van der Waals surface area contributed by atoms with E-state index in [1.54, 1.807) is 6.92 Å². The van der Waals surface area contributed by atoms with E-state index < -0.39 is 0 Å². The molecule has 0 amide bonds. The van der Waals surface area contributed by atoms with Crippen LogP contribution in [0.25, 0.3) is 0 Å². The second-order valence-corrected chi connectivity index (χ2v) is 2.34. The highest BCUT2D eigenvalue weighted by Gasteiger charge is 1.96. The Kier molecular flexibility index (Phi) is 2.93. The van der Waals surface area contributed by atoms with Gasteiger partial charge in [0.15, 0.2) is 0 Å². The van der Waals surface area contributed by atoms with Gasteiger partial charge in [-0.1, -0.05) is 18.2 Å². The highest BCUT2D eigenvalue weighted by atomic mass is 16.5. The zero-order valence-electron chi connectivity index (χ0n) is 6.45. The monoisotopic (exact) mass is 151 g/mol. The maximum Gasteiger partial charge on any atom is 0.127 e. The smallest absolute Gasteiger partial charge is 0.127 e. The van der Waals surface area contributed by atoms with E-state index in [1.165, 1.54) is 0 Å². The topological polar surface area (TPSA) is 29.5 Å². The molecule has 1 aromatic rings. The lowest BCUT2D eigenvalue weighted by molar-refractivity contribution is 0.209. The van der Waals surface area contributed by atoms with Gasteiger partial charge in [-0.05, 0) is 19.1 Å². The number of hydrogen-bond acceptors (Lipinski definition) is 2. The van der Waals surface area contributed by atoms with Gasteiger partial charge in [0.1, 0.15) is 18.5 Å². The molecular weight excluding hydrogens is 140 g/mol. The van der Waals surface area contributed by atoms with Crippen molar-refractivity contribution in [2.24, 2.45) is 0 Å². The van der Waals surface area contributed by atoms with Crippen LogP contribution in [0.1, 0.15) is 6.92 Å².